The summed E-state index contributed by atoms with van der Waals surface area (Å²) in [5, 5.41) is 2.59. The zero-order chi connectivity index (χ0) is 11.7. The number of hydrogen-bond acceptors (Lipinski definition) is 1. The van der Waals surface area contributed by atoms with Crippen molar-refractivity contribution in [2.75, 3.05) is 0 Å². The largest absolute Gasteiger partial charge is 0.405 e. The smallest absolute Gasteiger partial charge is 0.0467 e. The number of para-hydroxylation sites is 1. The van der Waals surface area contributed by atoms with E-state index in [0.29, 0.717) is 0 Å². The number of H-pyrrole nitrogens is 1. The van der Waals surface area contributed by atoms with Crippen LogP contribution in [0.25, 0.3) is 21.8 Å². The van der Waals surface area contributed by atoms with Crippen molar-refractivity contribution in [3.8, 4) is 0 Å². The lowest BCUT2D eigenvalue weighted by atomic mass is 10.0. The number of aromatic amines is 1. The van der Waals surface area contributed by atoms with Crippen LogP contribution in [0, 0.1) is 0 Å². The maximum Gasteiger partial charge on any atom is 0.0467 e. The Hall–Kier alpha value is -2.22. The van der Waals surface area contributed by atoms with Crippen LogP contribution in [0.5, 0.6) is 0 Å². The van der Waals surface area contributed by atoms with E-state index in [-0.39, 0.29) is 0 Å². The van der Waals surface area contributed by atoms with Gasteiger partial charge in [-0.3, -0.25) is 0 Å². The van der Waals surface area contributed by atoms with Gasteiger partial charge in [0, 0.05) is 21.8 Å². The monoisotopic (exact) mass is 222 g/mol. The molecule has 0 aliphatic rings. The average Bonchev–Trinajstić information content (AvgIpc) is 2.75. The molecule has 0 aliphatic heterocycles. The maximum atomic E-state index is 5.42. The van der Waals surface area contributed by atoms with Crippen LogP contribution >= 0.6 is 0 Å². The van der Waals surface area contributed by atoms with Crippen LogP contribution in [-0.2, 0) is 6.42 Å². The second-order valence-corrected chi connectivity index (χ2v) is 4.14. The zero-order valence-electron chi connectivity index (χ0n) is 9.48. The molecule has 0 atom stereocenters. The Morgan fingerprint density at radius 3 is 2.71 bits per heavy atom. The van der Waals surface area contributed by atoms with E-state index < -0.39 is 0 Å². The molecule has 1 heterocycles. The second kappa shape index (κ2) is 3.98. The van der Waals surface area contributed by atoms with Gasteiger partial charge in [-0.1, -0.05) is 36.4 Å². The van der Waals surface area contributed by atoms with Crippen molar-refractivity contribution in [3.63, 3.8) is 0 Å². The Morgan fingerprint density at radius 2 is 1.82 bits per heavy atom. The third kappa shape index (κ3) is 1.58. The first-order chi connectivity index (χ1) is 8.40. The van der Waals surface area contributed by atoms with Gasteiger partial charge in [0.05, 0.1) is 0 Å². The fraction of sp³-hybridized carbons (Fsp3) is 0.0667. The number of nitrogens with two attached hydrogens (primary N) is 1. The molecule has 2 nitrogen and oxygen atoms in total. The Kier molecular flexibility index (Phi) is 2.33. The molecule has 0 fully saturated rings. The highest BCUT2D eigenvalue weighted by Gasteiger charge is 2.06. The SMILES string of the molecule is NC=CCc1cccc2[nH]c3ccccc3c12. The van der Waals surface area contributed by atoms with E-state index >= 15 is 0 Å². The number of allylic oxidation sites excluding steroid dienone is 1. The zero-order valence-corrected chi connectivity index (χ0v) is 9.48. The number of nitrogens with one attached hydrogen (secondary N) is 1. The quantitative estimate of drug-likeness (QED) is 0.686. The fourth-order valence-electron chi connectivity index (χ4n) is 2.34. The van der Waals surface area contributed by atoms with Crippen LogP contribution in [0.4, 0.5) is 0 Å². The lowest BCUT2D eigenvalue weighted by Gasteiger charge is -2.00. The number of fused-ring (bicyclic) bond motifs is 3. The Bertz CT molecular complexity index is 692. The molecule has 0 spiro atoms. The standard InChI is InChI=1S/C15H14N2/c16-10-4-6-11-5-3-9-14-15(11)12-7-1-2-8-13(12)17-14/h1-5,7-10,17H,6,16H2. The van der Waals surface area contributed by atoms with Crippen LogP contribution < -0.4 is 5.73 Å². The van der Waals surface area contributed by atoms with Gasteiger partial charge in [0.15, 0.2) is 0 Å². The summed E-state index contributed by atoms with van der Waals surface area (Å²) >= 11 is 0. The molecule has 2 heteroatoms. The van der Waals surface area contributed by atoms with E-state index in [4.69, 9.17) is 5.73 Å². The first kappa shape index (κ1) is 9.97. The second-order valence-electron chi connectivity index (χ2n) is 4.14. The van der Waals surface area contributed by atoms with E-state index in [9.17, 15) is 0 Å². The van der Waals surface area contributed by atoms with Crippen molar-refractivity contribution in [1.29, 1.82) is 0 Å². The fourth-order valence-corrected chi connectivity index (χ4v) is 2.34. The summed E-state index contributed by atoms with van der Waals surface area (Å²) in [5.41, 5.74) is 9.10. The van der Waals surface area contributed by atoms with E-state index in [1.54, 1.807) is 6.20 Å². The average molecular weight is 222 g/mol. The summed E-state index contributed by atoms with van der Waals surface area (Å²) < 4.78 is 0. The van der Waals surface area contributed by atoms with E-state index in [2.05, 4.69) is 47.4 Å². The van der Waals surface area contributed by atoms with Gasteiger partial charge in [0.2, 0.25) is 0 Å². The minimum atomic E-state index is 0.871. The lowest BCUT2D eigenvalue weighted by Crippen LogP contribution is -1.84. The van der Waals surface area contributed by atoms with Gasteiger partial charge in [-0.25, -0.2) is 0 Å². The summed E-state index contributed by atoms with van der Waals surface area (Å²) in [5.74, 6) is 0. The summed E-state index contributed by atoms with van der Waals surface area (Å²) in [6.45, 7) is 0. The molecule has 0 bridgehead atoms. The van der Waals surface area contributed by atoms with Crippen molar-refractivity contribution in [2.45, 2.75) is 6.42 Å². The summed E-state index contributed by atoms with van der Waals surface area (Å²) in [6, 6.07) is 14.7. The third-order valence-electron chi connectivity index (χ3n) is 3.09. The Morgan fingerprint density at radius 1 is 1.00 bits per heavy atom. The molecule has 3 N–H and O–H groups in total. The van der Waals surface area contributed by atoms with Gasteiger partial charge in [0.1, 0.15) is 0 Å². The first-order valence-corrected chi connectivity index (χ1v) is 5.75. The van der Waals surface area contributed by atoms with E-state index in [0.717, 1.165) is 6.42 Å². The minimum Gasteiger partial charge on any atom is -0.405 e. The molecular formula is C15H14N2. The third-order valence-corrected chi connectivity index (χ3v) is 3.09. The number of aromatic nitrogens is 1. The molecule has 2 aromatic carbocycles. The number of benzene rings is 2. The van der Waals surface area contributed by atoms with E-state index in [1.165, 1.54) is 27.4 Å². The summed E-state index contributed by atoms with van der Waals surface area (Å²) in [6.07, 6.45) is 4.46. The van der Waals surface area contributed by atoms with Crippen molar-refractivity contribution in [1.82, 2.24) is 4.98 Å². The van der Waals surface area contributed by atoms with E-state index in [1.807, 2.05) is 6.08 Å². The highest BCUT2D eigenvalue weighted by atomic mass is 14.7. The summed E-state index contributed by atoms with van der Waals surface area (Å²) in [7, 11) is 0. The molecule has 17 heavy (non-hydrogen) atoms. The van der Waals surface area contributed by atoms with Gasteiger partial charge >= 0.3 is 0 Å². The van der Waals surface area contributed by atoms with Crippen LogP contribution in [0.15, 0.2) is 54.7 Å². The molecular weight excluding hydrogens is 208 g/mol. The highest BCUT2D eigenvalue weighted by molar-refractivity contribution is 6.08. The molecule has 0 radical (unpaired) electrons. The molecule has 0 aliphatic carbocycles. The summed E-state index contributed by atoms with van der Waals surface area (Å²) in [4.78, 5) is 3.44. The molecule has 3 aromatic rings. The van der Waals surface area contributed by atoms with Crippen LogP contribution in [-0.4, -0.2) is 4.98 Å². The number of hydrogen-bond donors (Lipinski definition) is 2. The van der Waals surface area contributed by atoms with Crippen molar-refractivity contribution in [3.05, 3.63) is 60.3 Å². The molecule has 0 unspecified atom stereocenters. The molecule has 0 saturated carbocycles. The van der Waals surface area contributed by atoms with Crippen molar-refractivity contribution < 1.29 is 0 Å². The first-order valence-electron chi connectivity index (χ1n) is 5.75. The predicted octanol–water partition coefficient (Wildman–Crippen LogP) is 3.34. The maximum absolute atomic E-state index is 5.42. The molecule has 0 saturated heterocycles. The van der Waals surface area contributed by atoms with Crippen LogP contribution in [0.2, 0.25) is 0 Å². The predicted molar refractivity (Wildman–Crippen MR) is 72.8 cm³/mol. The molecule has 1 aromatic heterocycles. The van der Waals surface area contributed by atoms with Crippen molar-refractivity contribution in [2.24, 2.45) is 5.73 Å². The molecule has 3 rings (SSSR count). The van der Waals surface area contributed by atoms with Gasteiger partial charge in [0.25, 0.3) is 0 Å². The Balaban J connectivity index is 2.35. The van der Waals surface area contributed by atoms with Gasteiger partial charge in [-0.05, 0) is 30.3 Å². The normalized spacial score (nSPS) is 11.8. The van der Waals surface area contributed by atoms with Gasteiger partial charge in [-0.15, -0.1) is 0 Å². The minimum absolute atomic E-state index is 0.871. The number of rotatable bonds is 2. The topological polar surface area (TPSA) is 41.8 Å². The van der Waals surface area contributed by atoms with Crippen LogP contribution in [0.1, 0.15) is 5.56 Å². The lowest BCUT2D eigenvalue weighted by molar-refractivity contribution is 1.29. The molecule has 0 amide bonds. The van der Waals surface area contributed by atoms with Crippen molar-refractivity contribution >= 4 is 21.8 Å². The van der Waals surface area contributed by atoms with Gasteiger partial charge < -0.3 is 10.7 Å². The van der Waals surface area contributed by atoms with Gasteiger partial charge in [-0.2, -0.15) is 0 Å². The highest BCUT2D eigenvalue weighted by Crippen LogP contribution is 2.28. The Labute approximate surface area is 99.7 Å². The van der Waals surface area contributed by atoms with Crippen LogP contribution in [0.3, 0.4) is 0 Å². The molecule has 84 valence electrons.